The molecule has 6 nitrogen and oxygen atoms in total. The first-order valence-electron chi connectivity index (χ1n) is 33.3. The van der Waals surface area contributed by atoms with E-state index >= 15 is 0 Å². The monoisotopic (exact) mass is 1040 g/mol. The fraction of sp³-hybridized carbons (Fsp3) is 0.882. The van der Waals surface area contributed by atoms with Gasteiger partial charge in [0.25, 0.3) is 0 Å². The average molecular weight is 1040 g/mol. The van der Waals surface area contributed by atoms with E-state index < -0.39 is 12.1 Å². The van der Waals surface area contributed by atoms with Crippen LogP contribution >= 0.6 is 0 Å². The Morgan fingerprint density at radius 1 is 0.378 bits per heavy atom. The zero-order valence-corrected chi connectivity index (χ0v) is 49.8. The first-order chi connectivity index (χ1) is 36.5. The van der Waals surface area contributed by atoms with Gasteiger partial charge < -0.3 is 20.3 Å². The molecule has 0 saturated carbocycles. The molecule has 74 heavy (non-hydrogen) atoms. The molecule has 0 spiro atoms. The highest BCUT2D eigenvalue weighted by Gasteiger charge is 2.18. The average Bonchev–Trinajstić information content (AvgIpc) is 3.40. The van der Waals surface area contributed by atoms with Crippen molar-refractivity contribution in [2.24, 2.45) is 0 Å². The smallest absolute Gasteiger partial charge is 0.305 e. The van der Waals surface area contributed by atoms with Crippen LogP contribution in [0.15, 0.2) is 36.5 Å². The lowest BCUT2D eigenvalue weighted by molar-refractivity contribution is -0.143. The third-order valence-corrected chi connectivity index (χ3v) is 15.4. The lowest BCUT2D eigenvalue weighted by Crippen LogP contribution is -2.45. The van der Waals surface area contributed by atoms with Crippen LogP contribution in [0.2, 0.25) is 0 Å². The standard InChI is InChI=1S/C68H129NO5/c1-3-5-7-9-11-13-15-17-19-28-32-36-40-44-48-52-56-60-66(71)65(64-70)69-67(72)61-57-53-49-45-41-37-33-30-26-24-22-21-23-25-27-31-35-39-43-47-51-55-59-63-74-68(73)62-58-54-50-46-42-38-34-29-20-18-16-14-12-10-8-6-4-2/h12,14,18,20,56,60,65-66,70-71H,3-11,13,15-17,19,21-55,57-59,61-64H2,1-2H3,(H,69,72)/b14-12-,20-18-,60-56+. The molecule has 1 amide bonds. The number of rotatable bonds is 62. The quantitative estimate of drug-likeness (QED) is 0.0320. The van der Waals surface area contributed by atoms with Gasteiger partial charge in [0, 0.05) is 12.8 Å². The van der Waals surface area contributed by atoms with Crippen LogP contribution in [0.4, 0.5) is 0 Å². The first kappa shape index (κ1) is 72.1. The molecule has 0 aliphatic rings. The Morgan fingerprint density at radius 3 is 1.05 bits per heavy atom. The zero-order valence-electron chi connectivity index (χ0n) is 49.8. The molecule has 0 aromatic rings. The van der Waals surface area contributed by atoms with E-state index in [4.69, 9.17) is 4.74 Å². The van der Waals surface area contributed by atoms with Crippen LogP contribution in [0, 0.1) is 0 Å². The fourth-order valence-electron chi connectivity index (χ4n) is 10.3. The number of nitrogens with one attached hydrogen (secondary N) is 1. The summed E-state index contributed by atoms with van der Waals surface area (Å²) in [6, 6.07) is -0.628. The van der Waals surface area contributed by atoms with Crippen LogP contribution in [0.25, 0.3) is 0 Å². The number of allylic oxidation sites excluding steroid dienone is 5. The van der Waals surface area contributed by atoms with E-state index in [9.17, 15) is 19.8 Å². The largest absolute Gasteiger partial charge is 0.466 e. The second kappa shape index (κ2) is 63.6. The Balaban J connectivity index is 3.39. The minimum atomic E-state index is -0.845. The molecule has 6 heteroatoms. The van der Waals surface area contributed by atoms with Gasteiger partial charge in [0.05, 0.1) is 25.4 Å². The summed E-state index contributed by atoms with van der Waals surface area (Å²) in [5.74, 6) is -0.0588. The van der Waals surface area contributed by atoms with E-state index in [0.717, 1.165) is 51.4 Å². The summed E-state index contributed by atoms with van der Waals surface area (Å²) in [6.45, 7) is 4.90. The van der Waals surface area contributed by atoms with Crippen LogP contribution < -0.4 is 5.32 Å². The molecule has 3 N–H and O–H groups in total. The van der Waals surface area contributed by atoms with Gasteiger partial charge in [-0.15, -0.1) is 0 Å². The highest BCUT2D eigenvalue weighted by molar-refractivity contribution is 5.76. The number of aliphatic hydroxyl groups is 2. The number of hydrogen-bond donors (Lipinski definition) is 3. The van der Waals surface area contributed by atoms with Crippen LogP contribution in [0.3, 0.4) is 0 Å². The van der Waals surface area contributed by atoms with E-state index in [2.05, 4.69) is 43.5 Å². The third-order valence-electron chi connectivity index (χ3n) is 15.4. The van der Waals surface area contributed by atoms with Crippen LogP contribution in [0.5, 0.6) is 0 Å². The van der Waals surface area contributed by atoms with Crippen molar-refractivity contribution >= 4 is 11.9 Å². The van der Waals surface area contributed by atoms with Gasteiger partial charge in [-0.3, -0.25) is 9.59 Å². The molecule has 2 atom stereocenters. The van der Waals surface area contributed by atoms with Crippen molar-refractivity contribution in [1.82, 2.24) is 5.32 Å². The van der Waals surface area contributed by atoms with Crippen LogP contribution in [-0.4, -0.2) is 47.4 Å². The predicted octanol–water partition coefficient (Wildman–Crippen LogP) is 21.1. The van der Waals surface area contributed by atoms with E-state index in [-0.39, 0.29) is 18.5 Å². The third kappa shape index (κ3) is 59.3. The van der Waals surface area contributed by atoms with Crippen molar-refractivity contribution < 1.29 is 24.5 Å². The summed E-state index contributed by atoms with van der Waals surface area (Å²) in [5.41, 5.74) is 0. The maximum atomic E-state index is 12.5. The Labute approximate surface area is 462 Å². The second-order valence-electron chi connectivity index (χ2n) is 22.8. The van der Waals surface area contributed by atoms with E-state index in [1.165, 1.54) is 283 Å². The topological polar surface area (TPSA) is 95.9 Å². The predicted molar refractivity (Wildman–Crippen MR) is 324 cm³/mol. The lowest BCUT2D eigenvalue weighted by Gasteiger charge is -2.20. The SMILES string of the molecule is CCCCC/C=C\C/C=C\CCCCCCCCCC(=O)OCCCCCCCCCCCCCCCCCCCCCCCCCC(=O)NC(CO)C(O)/C=C/CCCCCCCCCCCCCCCCC. The van der Waals surface area contributed by atoms with Gasteiger partial charge in [-0.05, 0) is 64.2 Å². The van der Waals surface area contributed by atoms with Crippen molar-refractivity contribution in [3.05, 3.63) is 36.5 Å². The van der Waals surface area contributed by atoms with Gasteiger partial charge in [0.2, 0.25) is 5.91 Å². The molecule has 0 radical (unpaired) electrons. The van der Waals surface area contributed by atoms with Crippen molar-refractivity contribution in [2.75, 3.05) is 13.2 Å². The molecule has 0 bridgehead atoms. The number of amides is 1. The highest BCUT2D eigenvalue weighted by atomic mass is 16.5. The normalized spacial score (nSPS) is 12.8. The number of hydrogen-bond acceptors (Lipinski definition) is 5. The molecular weight excluding hydrogens is 911 g/mol. The van der Waals surface area contributed by atoms with Gasteiger partial charge in [0.15, 0.2) is 0 Å². The molecule has 436 valence electrons. The molecule has 0 heterocycles. The van der Waals surface area contributed by atoms with E-state index in [1.54, 1.807) is 6.08 Å². The summed E-state index contributed by atoms with van der Waals surface area (Å²) in [5, 5.41) is 23.2. The number of esters is 1. The molecule has 0 rings (SSSR count). The van der Waals surface area contributed by atoms with Crippen molar-refractivity contribution in [3.8, 4) is 0 Å². The lowest BCUT2D eigenvalue weighted by atomic mass is 10.0. The summed E-state index contributed by atoms with van der Waals surface area (Å²) >= 11 is 0. The van der Waals surface area contributed by atoms with Gasteiger partial charge in [0.1, 0.15) is 0 Å². The Bertz CT molecular complexity index is 1200. The number of aliphatic hydroxyl groups excluding tert-OH is 2. The molecular formula is C68H129NO5. The zero-order chi connectivity index (χ0) is 53.6. The van der Waals surface area contributed by atoms with Gasteiger partial charge in [-0.25, -0.2) is 0 Å². The summed E-state index contributed by atoms with van der Waals surface area (Å²) in [6.07, 6.45) is 80.5. The molecule has 0 aliphatic heterocycles. The Morgan fingerprint density at radius 2 is 0.676 bits per heavy atom. The van der Waals surface area contributed by atoms with Crippen molar-refractivity contribution in [3.63, 3.8) is 0 Å². The van der Waals surface area contributed by atoms with Gasteiger partial charge in [-0.2, -0.15) is 0 Å². The second-order valence-corrected chi connectivity index (χ2v) is 22.8. The fourth-order valence-corrected chi connectivity index (χ4v) is 10.3. The number of ether oxygens (including phenoxy) is 1. The van der Waals surface area contributed by atoms with E-state index in [1.807, 2.05) is 6.08 Å². The van der Waals surface area contributed by atoms with Gasteiger partial charge >= 0.3 is 5.97 Å². The minimum Gasteiger partial charge on any atom is -0.466 e. The number of unbranched alkanes of at least 4 members (excludes halogenated alkanes) is 47. The van der Waals surface area contributed by atoms with E-state index in [0.29, 0.717) is 19.4 Å². The summed E-state index contributed by atoms with van der Waals surface area (Å²) in [4.78, 5) is 24.6. The first-order valence-corrected chi connectivity index (χ1v) is 33.3. The van der Waals surface area contributed by atoms with Crippen LogP contribution in [0.1, 0.15) is 361 Å². The Hall–Kier alpha value is -1.92. The van der Waals surface area contributed by atoms with Gasteiger partial charge in [-0.1, -0.05) is 320 Å². The molecule has 0 saturated heterocycles. The van der Waals surface area contributed by atoms with Crippen LogP contribution in [-0.2, 0) is 14.3 Å². The maximum Gasteiger partial charge on any atom is 0.305 e. The molecule has 0 aromatic carbocycles. The number of carbonyl (C=O) groups is 2. The van der Waals surface area contributed by atoms with Crippen molar-refractivity contribution in [1.29, 1.82) is 0 Å². The molecule has 2 unspecified atom stereocenters. The Kier molecular flexibility index (Phi) is 62.0. The molecule has 0 aromatic heterocycles. The summed E-state index contributed by atoms with van der Waals surface area (Å²) < 4.78 is 5.49. The van der Waals surface area contributed by atoms with Crippen molar-refractivity contribution in [2.45, 2.75) is 373 Å². The maximum absolute atomic E-state index is 12.5. The number of carbonyl (C=O) groups excluding carboxylic acids is 2. The highest BCUT2D eigenvalue weighted by Crippen LogP contribution is 2.18. The minimum absolute atomic E-state index is 0.00643. The molecule has 0 aliphatic carbocycles. The summed E-state index contributed by atoms with van der Waals surface area (Å²) in [7, 11) is 0. The molecule has 0 fully saturated rings.